The van der Waals surface area contributed by atoms with Crippen LogP contribution in [0.2, 0.25) is 0 Å². The van der Waals surface area contributed by atoms with Gasteiger partial charge in [0.15, 0.2) is 10.9 Å². The lowest BCUT2D eigenvalue weighted by atomic mass is 9.78. The highest BCUT2D eigenvalue weighted by molar-refractivity contribution is 7.17. The molecule has 2 heterocycles. The molecule has 0 radical (unpaired) electrons. The average molecular weight is 360 g/mol. The maximum absolute atomic E-state index is 12.6. The number of fused-ring (bicyclic) bond motifs is 2. The first-order chi connectivity index (χ1) is 11.8. The van der Waals surface area contributed by atoms with Crippen LogP contribution in [0.4, 0.5) is 5.13 Å². The number of ketones is 1. The molecule has 132 valence electrons. The number of hydrogen-bond donors (Lipinski definition) is 2. The van der Waals surface area contributed by atoms with Crippen molar-refractivity contribution in [3.63, 3.8) is 0 Å². The number of carbonyl (C=O) groups is 2. The van der Waals surface area contributed by atoms with Gasteiger partial charge < -0.3 is 9.52 Å². The normalized spacial score (nSPS) is 21.6. The third-order valence-corrected chi connectivity index (χ3v) is 5.88. The van der Waals surface area contributed by atoms with Gasteiger partial charge >= 0.3 is 0 Å². The Morgan fingerprint density at radius 3 is 3.04 bits per heavy atom. The van der Waals surface area contributed by atoms with Gasteiger partial charge in [-0.1, -0.05) is 25.2 Å². The summed E-state index contributed by atoms with van der Waals surface area (Å²) >= 11 is 1.22. The van der Waals surface area contributed by atoms with Gasteiger partial charge in [-0.2, -0.15) is 0 Å². The standard InChI is InChI=1S/C18H20N2O4S/c1-18(2)6-10-15(12(22)7-18)25-17(19-10)20-16(23)9-8-24-13-5-3-4-11(21)14(9)13/h8,11,21H,3-7H2,1-2H3,(H,19,20,23). The van der Waals surface area contributed by atoms with Crippen LogP contribution in [0.1, 0.15) is 76.3 Å². The van der Waals surface area contributed by atoms with Crippen molar-refractivity contribution in [1.82, 2.24) is 4.98 Å². The summed E-state index contributed by atoms with van der Waals surface area (Å²) in [7, 11) is 0. The lowest BCUT2D eigenvalue weighted by Crippen LogP contribution is -2.26. The number of Topliss-reactive ketones (excluding diaryl/α,β-unsaturated/α-hetero) is 1. The summed E-state index contributed by atoms with van der Waals surface area (Å²) in [6.07, 6.45) is 4.15. The predicted octanol–water partition coefficient (Wildman–Crippen LogP) is 3.51. The van der Waals surface area contributed by atoms with Gasteiger partial charge in [-0.25, -0.2) is 4.98 Å². The number of nitrogens with one attached hydrogen (secondary N) is 1. The van der Waals surface area contributed by atoms with Crippen molar-refractivity contribution in [2.45, 2.75) is 52.1 Å². The van der Waals surface area contributed by atoms with Crippen LogP contribution < -0.4 is 5.32 Å². The van der Waals surface area contributed by atoms with E-state index >= 15 is 0 Å². The van der Waals surface area contributed by atoms with E-state index in [1.165, 1.54) is 17.6 Å². The van der Waals surface area contributed by atoms with Crippen molar-refractivity contribution < 1.29 is 19.1 Å². The molecule has 0 fully saturated rings. The second-order valence-corrected chi connectivity index (χ2v) is 8.58. The smallest absolute Gasteiger partial charge is 0.261 e. The van der Waals surface area contributed by atoms with E-state index in [9.17, 15) is 14.7 Å². The molecular formula is C18H20N2O4S. The average Bonchev–Trinajstić information content (AvgIpc) is 3.10. The fourth-order valence-electron chi connectivity index (χ4n) is 3.68. The van der Waals surface area contributed by atoms with Crippen LogP contribution in [0, 0.1) is 5.41 Å². The Labute approximate surface area is 149 Å². The van der Waals surface area contributed by atoms with Crippen LogP contribution in [0.5, 0.6) is 0 Å². The van der Waals surface area contributed by atoms with Crippen LogP contribution in [0.3, 0.4) is 0 Å². The SMILES string of the molecule is CC1(C)CC(=O)c2sc(NC(=O)c3coc4c3C(O)CCC4)nc2C1. The summed E-state index contributed by atoms with van der Waals surface area (Å²) in [6.45, 7) is 4.09. The van der Waals surface area contributed by atoms with E-state index < -0.39 is 6.10 Å². The highest BCUT2D eigenvalue weighted by Gasteiger charge is 2.34. The third kappa shape index (κ3) is 2.91. The molecule has 0 saturated heterocycles. The molecule has 0 saturated carbocycles. The molecule has 2 aliphatic rings. The van der Waals surface area contributed by atoms with E-state index in [1.807, 2.05) is 13.8 Å². The summed E-state index contributed by atoms with van der Waals surface area (Å²) in [5.41, 5.74) is 1.59. The summed E-state index contributed by atoms with van der Waals surface area (Å²) in [6, 6.07) is 0. The number of aromatic nitrogens is 1. The summed E-state index contributed by atoms with van der Waals surface area (Å²) in [4.78, 5) is 30.0. The minimum atomic E-state index is -0.671. The molecule has 0 bridgehead atoms. The largest absolute Gasteiger partial charge is 0.468 e. The number of hydrogen-bond acceptors (Lipinski definition) is 6. The Morgan fingerprint density at radius 1 is 1.44 bits per heavy atom. The number of anilines is 1. The number of thiazole rings is 1. The van der Waals surface area contributed by atoms with Crippen molar-refractivity contribution in [2.75, 3.05) is 5.32 Å². The molecule has 1 unspecified atom stereocenters. The summed E-state index contributed by atoms with van der Waals surface area (Å²) < 4.78 is 5.45. The van der Waals surface area contributed by atoms with Gasteiger partial charge in [-0.15, -0.1) is 0 Å². The van der Waals surface area contributed by atoms with Gasteiger partial charge in [0, 0.05) is 18.4 Å². The second-order valence-electron chi connectivity index (χ2n) is 7.58. The lowest BCUT2D eigenvalue weighted by Gasteiger charge is -2.26. The zero-order chi connectivity index (χ0) is 17.8. The second kappa shape index (κ2) is 5.78. The molecule has 6 nitrogen and oxygen atoms in total. The molecule has 1 atom stereocenters. The van der Waals surface area contributed by atoms with Gasteiger partial charge in [0.2, 0.25) is 0 Å². The number of furan rings is 1. The molecule has 2 aliphatic carbocycles. The monoisotopic (exact) mass is 360 g/mol. The lowest BCUT2D eigenvalue weighted by molar-refractivity contribution is 0.0915. The zero-order valence-corrected chi connectivity index (χ0v) is 15.0. The fraction of sp³-hybridized carbons (Fsp3) is 0.500. The predicted molar refractivity (Wildman–Crippen MR) is 93.1 cm³/mol. The molecule has 1 amide bonds. The minimum absolute atomic E-state index is 0.0837. The molecule has 2 aromatic heterocycles. The third-order valence-electron chi connectivity index (χ3n) is 4.83. The number of nitrogens with zero attached hydrogens (tertiary/aromatic N) is 1. The Balaban J connectivity index is 1.59. The Kier molecular flexibility index (Phi) is 3.81. The molecule has 2 N–H and O–H groups in total. The van der Waals surface area contributed by atoms with Crippen LogP contribution in [-0.2, 0) is 12.8 Å². The van der Waals surface area contributed by atoms with Gasteiger partial charge in [0.1, 0.15) is 12.0 Å². The zero-order valence-electron chi connectivity index (χ0n) is 14.2. The Bertz CT molecular complexity index is 865. The quantitative estimate of drug-likeness (QED) is 0.855. The van der Waals surface area contributed by atoms with Gasteiger partial charge in [0.05, 0.1) is 22.2 Å². The van der Waals surface area contributed by atoms with E-state index in [2.05, 4.69) is 10.3 Å². The van der Waals surface area contributed by atoms with Crippen LogP contribution in [0.25, 0.3) is 0 Å². The molecule has 0 aromatic carbocycles. The molecule has 0 aliphatic heterocycles. The first-order valence-electron chi connectivity index (χ1n) is 8.47. The molecule has 7 heteroatoms. The maximum atomic E-state index is 12.6. The van der Waals surface area contributed by atoms with E-state index in [-0.39, 0.29) is 17.1 Å². The Hall–Kier alpha value is -1.99. The van der Waals surface area contributed by atoms with Crippen molar-refractivity contribution in [2.24, 2.45) is 5.41 Å². The number of aryl methyl sites for hydroxylation is 1. The topological polar surface area (TPSA) is 92.4 Å². The van der Waals surface area contributed by atoms with Crippen molar-refractivity contribution in [1.29, 1.82) is 0 Å². The molecule has 25 heavy (non-hydrogen) atoms. The van der Waals surface area contributed by atoms with Crippen LogP contribution >= 0.6 is 11.3 Å². The minimum Gasteiger partial charge on any atom is -0.468 e. The van der Waals surface area contributed by atoms with Gasteiger partial charge in [-0.05, 0) is 24.7 Å². The van der Waals surface area contributed by atoms with Crippen LogP contribution in [-0.4, -0.2) is 21.8 Å². The number of aliphatic hydroxyl groups is 1. The van der Waals surface area contributed by atoms with Crippen molar-refractivity contribution >= 4 is 28.2 Å². The van der Waals surface area contributed by atoms with Gasteiger partial charge in [0.25, 0.3) is 5.91 Å². The summed E-state index contributed by atoms with van der Waals surface area (Å²) in [5.74, 6) is 0.406. The number of carbonyl (C=O) groups excluding carboxylic acids is 2. The first-order valence-corrected chi connectivity index (χ1v) is 9.28. The number of amides is 1. The van der Waals surface area contributed by atoms with E-state index in [1.54, 1.807) is 0 Å². The Morgan fingerprint density at radius 2 is 2.24 bits per heavy atom. The van der Waals surface area contributed by atoms with Crippen molar-refractivity contribution in [3.05, 3.63) is 33.7 Å². The number of aliphatic hydroxyl groups excluding tert-OH is 1. The fourth-order valence-corrected chi connectivity index (χ4v) is 4.59. The van der Waals surface area contributed by atoms with Crippen molar-refractivity contribution in [3.8, 4) is 0 Å². The highest BCUT2D eigenvalue weighted by atomic mass is 32.1. The van der Waals surface area contributed by atoms with E-state index in [0.717, 1.165) is 25.0 Å². The van der Waals surface area contributed by atoms with E-state index in [0.29, 0.717) is 39.7 Å². The van der Waals surface area contributed by atoms with Crippen LogP contribution in [0.15, 0.2) is 10.7 Å². The van der Waals surface area contributed by atoms with E-state index in [4.69, 9.17) is 4.42 Å². The number of rotatable bonds is 2. The highest BCUT2D eigenvalue weighted by Crippen LogP contribution is 2.39. The summed E-state index contributed by atoms with van der Waals surface area (Å²) in [5, 5.41) is 13.4. The van der Waals surface area contributed by atoms with Gasteiger partial charge in [-0.3, -0.25) is 14.9 Å². The molecular weight excluding hydrogens is 340 g/mol. The first kappa shape index (κ1) is 16.5. The molecule has 0 spiro atoms. The molecule has 4 rings (SSSR count). The molecule has 2 aromatic rings. The maximum Gasteiger partial charge on any atom is 0.261 e.